The molecular weight excluding hydrogens is 440 g/mol. The van der Waals surface area contributed by atoms with Gasteiger partial charge in [0, 0.05) is 12.1 Å². The monoisotopic (exact) mass is 462 g/mol. The van der Waals surface area contributed by atoms with Crippen LogP contribution in [-0.2, 0) is 16.4 Å². The number of aromatic nitrogens is 1. The number of nitrogens with zero attached hydrogens (tertiary/aromatic N) is 1. The smallest absolute Gasteiger partial charge is 0.234 e. The van der Waals surface area contributed by atoms with Crippen molar-refractivity contribution in [3.63, 3.8) is 0 Å². The van der Waals surface area contributed by atoms with Gasteiger partial charge in [-0.1, -0.05) is 41.5 Å². The first kappa shape index (κ1) is 21.1. The summed E-state index contributed by atoms with van der Waals surface area (Å²) >= 11 is 0. The maximum absolute atomic E-state index is 13.4. The number of aryl methyl sites for hydroxylation is 2. The van der Waals surface area contributed by atoms with Crippen LogP contribution in [0.3, 0.4) is 0 Å². The predicted octanol–water partition coefficient (Wildman–Crippen LogP) is 5.13. The number of fused-ring (bicyclic) bond motifs is 1. The second kappa shape index (κ2) is 8.29. The fourth-order valence-corrected chi connectivity index (χ4v) is 4.84. The lowest BCUT2D eigenvalue weighted by Gasteiger charge is -2.07. The van der Waals surface area contributed by atoms with Crippen molar-refractivity contribution < 1.29 is 22.3 Å². The van der Waals surface area contributed by atoms with Crippen LogP contribution in [0.15, 0.2) is 81.1 Å². The standard InChI is InChI=1S/C25H22N2O5S/c1-16-6-9-20(10-7-16)33(28,29)25-24(32-23(27-25)19-5-3-4-17(2)12-19)26-14-18-8-11-21-22(13-18)31-15-30-21/h3-13,26H,14-15H2,1-2H3. The second-order valence-corrected chi connectivity index (χ2v) is 9.75. The van der Waals surface area contributed by atoms with Crippen LogP contribution in [0.1, 0.15) is 16.7 Å². The van der Waals surface area contributed by atoms with Gasteiger partial charge in [-0.2, -0.15) is 4.98 Å². The van der Waals surface area contributed by atoms with E-state index in [2.05, 4.69) is 10.3 Å². The Balaban J connectivity index is 1.53. The molecule has 33 heavy (non-hydrogen) atoms. The van der Waals surface area contributed by atoms with E-state index in [0.717, 1.165) is 16.7 Å². The molecule has 1 N–H and O–H groups in total. The molecule has 1 aliphatic rings. The van der Waals surface area contributed by atoms with E-state index in [-0.39, 0.29) is 28.5 Å². The molecule has 3 aromatic carbocycles. The average Bonchev–Trinajstić information content (AvgIpc) is 3.45. The molecule has 168 valence electrons. The Hall–Kier alpha value is -3.78. The molecule has 1 aliphatic heterocycles. The molecule has 0 fully saturated rings. The molecule has 0 spiro atoms. The summed E-state index contributed by atoms with van der Waals surface area (Å²) in [6.45, 7) is 4.36. The summed E-state index contributed by atoms with van der Waals surface area (Å²) in [5, 5.41) is 2.96. The third kappa shape index (κ3) is 4.17. The van der Waals surface area contributed by atoms with E-state index in [0.29, 0.717) is 23.6 Å². The molecule has 8 heteroatoms. The number of hydrogen-bond donors (Lipinski definition) is 1. The lowest BCUT2D eigenvalue weighted by Crippen LogP contribution is -2.07. The first-order valence-corrected chi connectivity index (χ1v) is 11.9. The van der Waals surface area contributed by atoms with Crippen molar-refractivity contribution in [3.8, 4) is 23.0 Å². The van der Waals surface area contributed by atoms with E-state index >= 15 is 0 Å². The van der Waals surface area contributed by atoms with Gasteiger partial charge in [-0.25, -0.2) is 8.42 Å². The molecule has 5 rings (SSSR count). The lowest BCUT2D eigenvalue weighted by molar-refractivity contribution is 0.174. The van der Waals surface area contributed by atoms with Crippen molar-refractivity contribution in [1.29, 1.82) is 0 Å². The lowest BCUT2D eigenvalue weighted by atomic mass is 10.1. The highest BCUT2D eigenvalue weighted by molar-refractivity contribution is 7.91. The van der Waals surface area contributed by atoms with Gasteiger partial charge in [-0.15, -0.1) is 0 Å². The average molecular weight is 463 g/mol. The Kier molecular flexibility index (Phi) is 5.30. The molecule has 2 heterocycles. The van der Waals surface area contributed by atoms with Gasteiger partial charge in [0.15, 0.2) is 11.5 Å². The van der Waals surface area contributed by atoms with Crippen molar-refractivity contribution in [2.45, 2.75) is 30.3 Å². The molecule has 0 aliphatic carbocycles. The predicted molar refractivity (Wildman–Crippen MR) is 123 cm³/mol. The molecule has 0 atom stereocenters. The molecule has 0 bridgehead atoms. The Morgan fingerprint density at radius 2 is 1.70 bits per heavy atom. The van der Waals surface area contributed by atoms with E-state index in [1.165, 1.54) is 0 Å². The zero-order chi connectivity index (χ0) is 23.0. The van der Waals surface area contributed by atoms with Crippen molar-refractivity contribution in [3.05, 3.63) is 83.4 Å². The maximum atomic E-state index is 13.4. The Bertz CT molecular complexity index is 1430. The fourth-order valence-electron chi connectivity index (χ4n) is 3.56. The number of benzene rings is 3. The van der Waals surface area contributed by atoms with Gasteiger partial charge in [0.2, 0.25) is 33.4 Å². The third-order valence-electron chi connectivity index (χ3n) is 5.34. The highest BCUT2D eigenvalue weighted by atomic mass is 32.2. The molecule has 0 radical (unpaired) electrons. The van der Waals surface area contributed by atoms with E-state index in [1.807, 2.05) is 56.3 Å². The Morgan fingerprint density at radius 1 is 0.909 bits per heavy atom. The molecule has 1 aromatic heterocycles. The van der Waals surface area contributed by atoms with Gasteiger partial charge in [0.25, 0.3) is 0 Å². The van der Waals surface area contributed by atoms with Crippen LogP contribution in [0.5, 0.6) is 11.5 Å². The SMILES string of the molecule is Cc1ccc(S(=O)(=O)c2nc(-c3cccc(C)c3)oc2NCc2ccc3c(c2)OCO3)cc1. The normalized spacial score (nSPS) is 12.7. The third-order valence-corrected chi connectivity index (χ3v) is 7.02. The number of sulfone groups is 1. The van der Waals surface area contributed by atoms with Crippen LogP contribution in [-0.4, -0.2) is 20.2 Å². The number of anilines is 1. The topological polar surface area (TPSA) is 90.7 Å². The van der Waals surface area contributed by atoms with E-state index in [4.69, 9.17) is 13.9 Å². The van der Waals surface area contributed by atoms with Gasteiger partial charge >= 0.3 is 0 Å². The zero-order valence-electron chi connectivity index (χ0n) is 18.2. The van der Waals surface area contributed by atoms with Crippen LogP contribution >= 0.6 is 0 Å². The summed E-state index contributed by atoms with van der Waals surface area (Å²) in [6, 6.07) is 19.8. The minimum absolute atomic E-state index is 0.0877. The van der Waals surface area contributed by atoms with Crippen LogP contribution in [0.4, 0.5) is 5.88 Å². The summed E-state index contributed by atoms with van der Waals surface area (Å²) in [4.78, 5) is 4.56. The second-order valence-electron chi connectivity index (χ2n) is 7.88. The van der Waals surface area contributed by atoms with E-state index in [9.17, 15) is 8.42 Å². The van der Waals surface area contributed by atoms with Crippen LogP contribution < -0.4 is 14.8 Å². The summed E-state index contributed by atoms with van der Waals surface area (Å²) in [6.07, 6.45) is 0. The van der Waals surface area contributed by atoms with Gasteiger partial charge in [-0.3, -0.25) is 0 Å². The van der Waals surface area contributed by atoms with Gasteiger partial charge in [0.05, 0.1) is 4.90 Å². The molecule has 0 saturated carbocycles. The summed E-state index contributed by atoms with van der Waals surface area (Å²) < 4.78 is 43.6. The molecule has 0 unspecified atom stereocenters. The van der Waals surface area contributed by atoms with Crippen LogP contribution in [0.2, 0.25) is 0 Å². The summed E-state index contributed by atoms with van der Waals surface area (Å²) in [7, 11) is -3.91. The zero-order valence-corrected chi connectivity index (χ0v) is 19.0. The summed E-state index contributed by atoms with van der Waals surface area (Å²) in [5.74, 6) is 1.66. The van der Waals surface area contributed by atoms with Crippen molar-refractivity contribution in [1.82, 2.24) is 4.98 Å². The largest absolute Gasteiger partial charge is 0.454 e. The van der Waals surface area contributed by atoms with Crippen LogP contribution in [0.25, 0.3) is 11.5 Å². The quantitative estimate of drug-likeness (QED) is 0.425. The summed E-state index contributed by atoms with van der Waals surface area (Å²) in [5.41, 5.74) is 3.57. The number of ether oxygens (including phenoxy) is 2. The highest BCUT2D eigenvalue weighted by Gasteiger charge is 2.28. The van der Waals surface area contributed by atoms with Crippen molar-refractivity contribution in [2.24, 2.45) is 0 Å². The first-order chi connectivity index (χ1) is 15.9. The number of oxazole rings is 1. The fraction of sp³-hybridized carbons (Fsp3) is 0.160. The molecular formula is C25H22N2O5S. The van der Waals surface area contributed by atoms with Gasteiger partial charge < -0.3 is 19.2 Å². The number of nitrogens with one attached hydrogen (secondary N) is 1. The Morgan fingerprint density at radius 3 is 2.48 bits per heavy atom. The number of rotatable bonds is 6. The molecule has 4 aromatic rings. The molecule has 0 saturated heterocycles. The van der Waals surface area contributed by atoms with E-state index in [1.54, 1.807) is 24.3 Å². The van der Waals surface area contributed by atoms with Crippen molar-refractivity contribution in [2.75, 3.05) is 12.1 Å². The highest BCUT2D eigenvalue weighted by Crippen LogP contribution is 2.35. The minimum atomic E-state index is -3.91. The van der Waals surface area contributed by atoms with E-state index < -0.39 is 9.84 Å². The Labute approximate surface area is 191 Å². The molecule has 0 amide bonds. The number of hydrogen-bond acceptors (Lipinski definition) is 7. The van der Waals surface area contributed by atoms with Crippen LogP contribution in [0, 0.1) is 13.8 Å². The minimum Gasteiger partial charge on any atom is -0.454 e. The van der Waals surface area contributed by atoms with Gasteiger partial charge in [0.1, 0.15) is 0 Å². The molecule has 7 nitrogen and oxygen atoms in total. The maximum Gasteiger partial charge on any atom is 0.234 e. The van der Waals surface area contributed by atoms with Gasteiger partial charge in [-0.05, 0) is 55.8 Å². The van der Waals surface area contributed by atoms with Crippen molar-refractivity contribution >= 4 is 15.7 Å². The first-order valence-electron chi connectivity index (χ1n) is 10.4.